The van der Waals surface area contributed by atoms with Crippen LogP contribution in [0, 0.1) is 12.7 Å². The fourth-order valence-electron chi connectivity index (χ4n) is 3.38. The van der Waals surface area contributed by atoms with E-state index < -0.39 is 17.6 Å². The van der Waals surface area contributed by atoms with Gasteiger partial charge in [0.2, 0.25) is 0 Å². The van der Waals surface area contributed by atoms with E-state index in [1.54, 1.807) is 43.3 Å². The van der Waals surface area contributed by atoms with Gasteiger partial charge in [0, 0.05) is 11.8 Å². The second-order valence-electron chi connectivity index (χ2n) is 7.24. The van der Waals surface area contributed by atoms with Crippen molar-refractivity contribution in [2.24, 2.45) is 0 Å². The molecule has 2 aromatic heterocycles. The number of carbonyl (C=O) groups excluding carboxylic acids is 1. The highest BCUT2D eigenvalue weighted by atomic mass is 35.5. The van der Waals surface area contributed by atoms with Crippen molar-refractivity contribution in [3.05, 3.63) is 99.6 Å². The van der Waals surface area contributed by atoms with Crippen LogP contribution in [0.15, 0.2) is 60.8 Å². The van der Waals surface area contributed by atoms with E-state index in [-0.39, 0.29) is 45.4 Å². The molecule has 0 spiro atoms. The van der Waals surface area contributed by atoms with E-state index in [1.165, 1.54) is 10.9 Å². The van der Waals surface area contributed by atoms with E-state index in [1.807, 2.05) is 0 Å². The third-order valence-electron chi connectivity index (χ3n) is 4.99. The number of halogens is 5. The summed E-state index contributed by atoms with van der Waals surface area (Å²) >= 11 is 6.17. The molecule has 10 heteroatoms. The maximum absolute atomic E-state index is 13.8. The van der Waals surface area contributed by atoms with Gasteiger partial charge in [0.15, 0.2) is 5.78 Å². The Labute approximate surface area is 190 Å². The van der Waals surface area contributed by atoms with E-state index in [4.69, 9.17) is 11.6 Å². The standard InChI is InChI=1S/C23H15ClF4N4O/c1-13-20(21-18(6-4-8-29-21)22(33)17-5-2-3-7-19(17)24)30-31-32(13)12-14-9-15(23(26,27)28)11-16(25)10-14/h2-11H,12H2,1H3. The van der Waals surface area contributed by atoms with Crippen LogP contribution in [0.3, 0.4) is 0 Å². The molecule has 0 atom stereocenters. The third kappa shape index (κ3) is 4.63. The average Bonchev–Trinajstić information content (AvgIpc) is 3.12. The van der Waals surface area contributed by atoms with Crippen molar-refractivity contribution in [1.82, 2.24) is 20.0 Å². The van der Waals surface area contributed by atoms with Gasteiger partial charge in [-0.15, -0.1) is 5.10 Å². The molecule has 0 amide bonds. The number of nitrogens with zero attached hydrogens (tertiary/aromatic N) is 4. The molecule has 168 valence electrons. The lowest BCUT2D eigenvalue weighted by Crippen LogP contribution is -2.09. The molecule has 0 unspecified atom stereocenters. The molecule has 4 rings (SSSR count). The number of pyridine rings is 1. The van der Waals surface area contributed by atoms with Gasteiger partial charge in [-0.25, -0.2) is 9.07 Å². The summed E-state index contributed by atoms with van der Waals surface area (Å²) in [5.74, 6) is -1.37. The minimum absolute atomic E-state index is 0.0651. The molecule has 4 aromatic rings. The molecule has 0 aliphatic rings. The number of hydrogen-bond acceptors (Lipinski definition) is 4. The largest absolute Gasteiger partial charge is 0.416 e. The maximum atomic E-state index is 13.8. The van der Waals surface area contributed by atoms with E-state index in [2.05, 4.69) is 15.3 Å². The summed E-state index contributed by atoms with van der Waals surface area (Å²) < 4.78 is 54.2. The number of carbonyl (C=O) groups is 1. The molecular weight excluding hydrogens is 460 g/mol. The third-order valence-corrected chi connectivity index (χ3v) is 5.32. The quantitative estimate of drug-likeness (QED) is 0.273. The van der Waals surface area contributed by atoms with Crippen LogP contribution in [-0.4, -0.2) is 25.8 Å². The molecule has 0 radical (unpaired) electrons. The second kappa shape index (κ2) is 8.74. The second-order valence-corrected chi connectivity index (χ2v) is 7.64. The van der Waals surface area contributed by atoms with E-state index in [0.717, 1.165) is 12.1 Å². The van der Waals surface area contributed by atoms with Crippen molar-refractivity contribution >= 4 is 17.4 Å². The highest BCUT2D eigenvalue weighted by molar-refractivity contribution is 6.35. The molecular formula is C23H15ClF4N4O. The van der Waals surface area contributed by atoms with Crippen LogP contribution < -0.4 is 0 Å². The van der Waals surface area contributed by atoms with E-state index >= 15 is 0 Å². The van der Waals surface area contributed by atoms with Gasteiger partial charge in [-0.05, 0) is 55.0 Å². The average molecular weight is 475 g/mol. The van der Waals surface area contributed by atoms with Gasteiger partial charge in [0.1, 0.15) is 17.2 Å². The number of ketones is 1. The van der Waals surface area contributed by atoms with Crippen molar-refractivity contribution in [3.63, 3.8) is 0 Å². The molecule has 2 aromatic carbocycles. The van der Waals surface area contributed by atoms with Crippen LogP contribution >= 0.6 is 11.6 Å². The van der Waals surface area contributed by atoms with Crippen LogP contribution in [-0.2, 0) is 12.7 Å². The first-order chi connectivity index (χ1) is 15.6. The fourth-order valence-corrected chi connectivity index (χ4v) is 3.60. The molecule has 0 N–H and O–H groups in total. The minimum Gasteiger partial charge on any atom is -0.288 e. The number of rotatable bonds is 5. The van der Waals surface area contributed by atoms with Crippen LogP contribution in [0.1, 0.15) is 32.7 Å². The Morgan fingerprint density at radius 1 is 1.03 bits per heavy atom. The molecule has 0 fully saturated rings. The van der Waals surface area contributed by atoms with E-state index in [0.29, 0.717) is 11.8 Å². The van der Waals surface area contributed by atoms with Gasteiger partial charge in [0.05, 0.1) is 28.4 Å². The van der Waals surface area contributed by atoms with Crippen molar-refractivity contribution in [3.8, 4) is 11.4 Å². The van der Waals surface area contributed by atoms with E-state index in [9.17, 15) is 22.4 Å². The lowest BCUT2D eigenvalue weighted by Gasteiger charge is -2.10. The highest BCUT2D eigenvalue weighted by Crippen LogP contribution is 2.31. The van der Waals surface area contributed by atoms with Gasteiger partial charge < -0.3 is 0 Å². The maximum Gasteiger partial charge on any atom is 0.416 e. The minimum atomic E-state index is -4.68. The number of benzene rings is 2. The Kier molecular flexibility index (Phi) is 5.99. The Morgan fingerprint density at radius 2 is 1.76 bits per heavy atom. The summed E-state index contributed by atoms with van der Waals surface area (Å²) in [6.45, 7) is 1.48. The summed E-state index contributed by atoms with van der Waals surface area (Å²) in [5, 5.41) is 8.35. The molecule has 0 saturated heterocycles. The zero-order valence-corrected chi connectivity index (χ0v) is 17.8. The van der Waals surface area contributed by atoms with Crippen molar-refractivity contribution in [1.29, 1.82) is 0 Å². The molecule has 5 nitrogen and oxygen atoms in total. The molecule has 0 bridgehead atoms. The Hall–Kier alpha value is -3.59. The number of alkyl halides is 3. The lowest BCUT2D eigenvalue weighted by atomic mass is 10.00. The zero-order chi connectivity index (χ0) is 23.8. The molecule has 0 aliphatic carbocycles. The topological polar surface area (TPSA) is 60.7 Å². The summed E-state index contributed by atoms with van der Waals surface area (Å²) in [4.78, 5) is 17.4. The lowest BCUT2D eigenvalue weighted by molar-refractivity contribution is -0.137. The van der Waals surface area contributed by atoms with Gasteiger partial charge >= 0.3 is 6.18 Å². The van der Waals surface area contributed by atoms with Crippen molar-refractivity contribution < 1.29 is 22.4 Å². The Morgan fingerprint density at radius 3 is 2.48 bits per heavy atom. The van der Waals surface area contributed by atoms with Crippen LogP contribution in [0.2, 0.25) is 5.02 Å². The fraction of sp³-hybridized carbons (Fsp3) is 0.130. The Bertz CT molecular complexity index is 1350. The monoisotopic (exact) mass is 474 g/mol. The van der Waals surface area contributed by atoms with Gasteiger partial charge in [-0.2, -0.15) is 13.2 Å². The molecule has 0 saturated carbocycles. The SMILES string of the molecule is Cc1c(-c2ncccc2C(=O)c2ccccc2Cl)nnn1Cc1cc(F)cc(C(F)(F)F)c1. The summed E-state index contributed by atoms with van der Waals surface area (Å²) in [6, 6.07) is 12.0. The number of aromatic nitrogens is 4. The summed E-state index contributed by atoms with van der Waals surface area (Å²) in [7, 11) is 0. The first-order valence-electron chi connectivity index (χ1n) is 9.66. The zero-order valence-electron chi connectivity index (χ0n) is 17.1. The number of hydrogen-bond donors (Lipinski definition) is 0. The predicted molar refractivity (Wildman–Crippen MR) is 113 cm³/mol. The van der Waals surface area contributed by atoms with Crippen molar-refractivity contribution in [2.75, 3.05) is 0 Å². The van der Waals surface area contributed by atoms with Gasteiger partial charge in [-0.1, -0.05) is 28.9 Å². The molecule has 33 heavy (non-hydrogen) atoms. The summed E-state index contributed by atoms with van der Waals surface area (Å²) in [6.07, 6.45) is -3.19. The first kappa shape index (κ1) is 22.6. The molecule has 2 heterocycles. The smallest absolute Gasteiger partial charge is 0.288 e. The van der Waals surface area contributed by atoms with Crippen LogP contribution in [0.5, 0.6) is 0 Å². The Balaban J connectivity index is 1.71. The predicted octanol–water partition coefficient (Wildman–Crippen LogP) is 5.74. The van der Waals surface area contributed by atoms with Crippen molar-refractivity contribution in [2.45, 2.75) is 19.6 Å². The highest BCUT2D eigenvalue weighted by Gasteiger charge is 2.31. The van der Waals surface area contributed by atoms with Gasteiger partial charge in [-0.3, -0.25) is 9.78 Å². The van der Waals surface area contributed by atoms with Gasteiger partial charge in [0.25, 0.3) is 0 Å². The van der Waals surface area contributed by atoms with Crippen LogP contribution in [0.25, 0.3) is 11.4 Å². The normalized spacial score (nSPS) is 11.6. The van der Waals surface area contributed by atoms with Crippen LogP contribution in [0.4, 0.5) is 17.6 Å². The molecule has 0 aliphatic heterocycles. The first-order valence-corrected chi connectivity index (χ1v) is 10.0. The summed E-state index contributed by atoms with van der Waals surface area (Å²) in [5.41, 5.74) is 0.478.